The van der Waals surface area contributed by atoms with E-state index in [0.717, 1.165) is 42.4 Å². The number of primary amides is 1. The predicted molar refractivity (Wildman–Crippen MR) is 141 cm³/mol. The average molecular weight is 500 g/mol. The molecule has 4 N–H and O–H groups in total. The first-order valence-electron chi connectivity index (χ1n) is 12.7. The highest BCUT2D eigenvalue weighted by atomic mass is 16.4. The van der Waals surface area contributed by atoms with Crippen molar-refractivity contribution in [3.8, 4) is 0 Å². The molecule has 1 fully saturated rings. The summed E-state index contributed by atoms with van der Waals surface area (Å²) in [6, 6.07) is 25.6. The SMILES string of the molecule is NC(=O)[C@@H](NC(=O)C1CCCCC1c1ccc(CN(Cc2ccccc2)C(=O)O)cc1)c1ccccc1. The van der Waals surface area contributed by atoms with Gasteiger partial charge in [-0.25, -0.2) is 4.79 Å². The summed E-state index contributed by atoms with van der Waals surface area (Å²) in [4.78, 5) is 38.7. The summed E-state index contributed by atoms with van der Waals surface area (Å²) in [5, 5.41) is 12.6. The van der Waals surface area contributed by atoms with Gasteiger partial charge in [0.25, 0.3) is 0 Å². The minimum Gasteiger partial charge on any atom is -0.465 e. The van der Waals surface area contributed by atoms with E-state index >= 15 is 0 Å². The molecule has 3 atom stereocenters. The van der Waals surface area contributed by atoms with E-state index in [1.807, 2.05) is 72.8 Å². The van der Waals surface area contributed by atoms with Crippen LogP contribution in [0.3, 0.4) is 0 Å². The number of amides is 3. The average Bonchev–Trinajstić information content (AvgIpc) is 2.92. The third-order valence-corrected chi connectivity index (χ3v) is 7.07. The summed E-state index contributed by atoms with van der Waals surface area (Å²) in [7, 11) is 0. The first-order valence-corrected chi connectivity index (χ1v) is 12.7. The number of hydrogen-bond acceptors (Lipinski definition) is 3. The van der Waals surface area contributed by atoms with Crippen LogP contribution in [0.5, 0.6) is 0 Å². The van der Waals surface area contributed by atoms with Gasteiger partial charge < -0.3 is 16.2 Å². The molecule has 192 valence electrons. The van der Waals surface area contributed by atoms with E-state index < -0.39 is 18.0 Å². The Hall–Kier alpha value is -4.13. The van der Waals surface area contributed by atoms with Crippen molar-refractivity contribution in [2.45, 2.75) is 50.7 Å². The number of carboxylic acid groups (broad SMARTS) is 1. The fourth-order valence-electron chi connectivity index (χ4n) is 5.14. The standard InChI is InChI=1S/C30H33N3O4/c31-28(34)27(24-11-5-2-6-12-24)32-29(35)26-14-8-7-13-25(26)23-17-15-22(16-18-23)20-33(30(36)37)19-21-9-3-1-4-10-21/h1-6,9-12,15-18,25-27H,7-8,13-14,19-20H2,(H2,31,34)(H,32,35)(H,36,37)/t25?,26?,27-/m0/s1. The lowest BCUT2D eigenvalue weighted by Gasteiger charge is -2.32. The highest BCUT2D eigenvalue weighted by Crippen LogP contribution is 2.38. The molecular weight excluding hydrogens is 466 g/mol. The molecule has 0 saturated heterocycles. The Morgan fingerprint density at radius 3 is 2.00 bits per heavy atom. The van der Waals surface area contributed by atoms with Crippen molar-refractivity contribution in [2.24, 2.45) is 11.7 Å². The zero-order valence-electron chi connectivity index (χ0n) is 20.8. The van der Waals surface area contributed by atoms with Crippen LogP contribution in [-0.2, 0) is 22.7 Å². The number of carbonyl (C=O) groups is 3. The summed E-state index contributed by atoms with van der Waals surface area (Å²) < 4.78 is 0. The maximum atomic E-state index is 13.3. The highest BCUT2D eigenvalue weighted by molar-refractivity contribution is 5.89. The fraction of sp³-hybridized carbons (Fsp3) is 0.300. The van der Waals surface area contributed by atoms with Crippen LogP contribution in [0.2, 0.25) is 0 Å². The second-order valence-corrected chi connectivity index (χ2v) is 9.62. The van der Waals surface area contributed by atoms with Crippen LogP contribution in [0, 0.1) is 5.92 Å². The molecule has 0 heterocycles. The van der Waals surface area contributed by atoms with Crippen molar-refractivity contribution in [1.82, 2.24) is 10.2 Å². The third-order valence-electron chi connectivity index (χ3n) is 7.07. The van der Waals surface area contributed by atoms with Crippen molar-refractivity contribution >= 4 is 17.9 Å². The number of nitrogens with two attached hydrogens (primary N) is 1. The highest BCUT2D eigenvalue weighted by Gasteiger charge is 2.34. The molecule has 37 heavy (non-hydrogen) atoms. The topological polar surface area (TPSA) is 113 Å². The summed E-state index contributed by atoms with van der Waals surface area (Å²) in [6.45, 7) is 0.585. The summed E-state index contributed by atoms with van der Waals surface area (Å²) in [5.41, 5.74) is 9.15. The second kappa shape index (κ2) is 12.2. The van der Waals surface area contributed by atoms with Crippen LogP contribution < -0.4 is 11.1 Å². The third kappa shape index (κ3) is 6.76. The summed E-state index contributed by atoms with van der Waals surface area (Å²) in [6.07, 6.45) is 2.62. The monoisotopic (exact) mass is 499 g/mol. The molecule has 0 spiro atoms. The summed E-state index contributed by atoms with van der Waals surface area (Å²) in [5.74, 6) is -0.998. The molecule has 0 aromatic heterocycles. The van der Waals surface area contributed by atoms with Gasteiger partial charge in [-0.1, -0.05) is 97.8 Å². The van der Waals surface area contributed by atoms with Gasteiger partial charge in [-0.2, -0.15) is 0 Å². The quantitative estimate of drug-likeness (QED) is 0.385. The maximum Gasteiger partial charge on any atom is 0.407 e. The van der Waals surface area contributed by atoms with Crippen molar-refractivity contribution in [3.05, 3.63) is 107 Å². The van der Waals surface area contributed by atoms with Gasteiger partial charge >= 0.3 is 6.09 Å². The van der Waals surface area contributed by atoms with Crippen molar-refractivity contribution < 1.29 is 19.5 Å². The molecule has 3 aromatic rings. The van der Waals surface area contributed by atoms with Crippen LogP contribution in [-0.4, -0.2) is 27.9 Å². The van der Waals surface area contributed by atoms with E-state index in [0.29, 0.717) is 12.1 Å². The molecule has 3 amide bonds. The number of rotatable bonds is 9. The van der Waals surface area contributed by atoms with E-state index in [1.54, 1.807) is 12.1 Å². The van der Waals surface area contributed by atoms with Gasteiger partial charge in [-0.15, -0.1) is 0 Å². The van der Waals surface area contributed by atoms with Crippen LogP contribution in [0.15, 0.2) is 84.9 Å². The number of nitrogens with one attached hydrogen (secondary N) is 1. The van der Waals surface area contributed by atoms with Gasteiger partial charge in [0.1, 0.15) is 6.04 Å². The van der Waals surface area contributed by atoms with Gasteiger partial charge in [0.2, 0.25) is 11.8 Å². The molecule has 1 aliphatic carbocycles. The summed E-state index contributed by atoms with van der Waals surface area (Å²) >= 11 is 0. The molecule has 7 nitrogen and oxygen atoms in total. The second-order valence-electron chi connectivity index (χ2n) is 9.62. The van der Waals surface area contributed by atoms with E-state index in [-0.39, 0.29) is 24.3 Å². The minimum absolute atomic E-state index is 0.0204. The van der Waals surface area contributed by atoms with E-state index in [1.165, 1.54) is 4.90 Å². The number of benzene rings is 3. The van der Waals surface area contributed by atoms with Crippen LogP contribution in [0.4, 0.5) is 4.79 Å². The molecule has 7 heteroatoms. The molecule has 2 unspecified atom stereocenters. The Kier molecular flexibility index (Phi) is 8.56. The molecule has 1 saturated carbocycles. The predicted octanol–water partition coefficient (Wildman–Crippen LogP) is 4.98. The molecule has 1 aliphatic rings. The number of nitrogens with zero attached hydrogens (tertiary/aromatic N) is 1. The molecule has 0 bridgehead atoms. The Balaban J connectivity index is 1.46. The van der Waals surface area contributed by atoms with Gasteiger partial charge in [0.05, 0.1) is 0 Å². The molecule has 0 radical (unpaired) electrons. The Morgan fingerprint density at radius 1 is 0.838 bits per heavy atom. The van der Waals surface area contributed by atoms with Gasteiger partial charge in [0, 0.05) is 19.0 Å². The van der Waals surface area contributed by atoms with Crippen molar-refractivity contribution in [3.63, 3.8) is 0 Å². The zero-order valence-corrected chi connectivity index (χ0v) is 20.8. The molecular formula is C30H33N3O4. The van der Waals surface area contributed by atoms with Gasteiger partial charge in [0.15, 0.2) is 0 Å². The van der Waals surface area contributed by atoms with Crippen LogP contribution in [0.25, 0.3) is 0 Å². The van der Waals surface area contributed by atoms with Gasteiger partial charge in [-0.3, -0.25) is 14.5 Å². The normalized spacial score (nSPS) is 17.9. The Bertz CT molecular complexity index is 1200. The van der Waals surface area contributed by atoms with Crippen LogP contribution >= 0.6 is 0 Å². The maximum absolute atomic E-state index is 13.3. The minimum atomic E-state index is -0.973. The molecule has 4 rings (SSSR count). The Morgan fingerprint density at radius 2 is 1.41 bits per heavy atom. The lowest BCUT2D eigenvalue weighted by Crippen LogP contribution is -2.42. The smallest absolute Gasteiger partial charge is 0.407 e. The lowest BCUT2D eigenvalue weighted by molar-refractivity contribution is -0.131. The zero-order chi connectivity index (χ0) is 26.2. The number of carbonyl (C=O) groups excluding carboxylic acids is 2. The van der Waals surface area contributed by atoms with Crippen molar-refractivity contribution in [1.29, 1.82) is 0 Å². The first-order chi connectivity index (χ1) is 17.9. The van der Waals surface area contributed by atoms with E-state index in [9.17, 15) is 19.5 Å². The van der Waals surface area contributed by atoms with Gasteiger partial charge in [-0.05, 0) is 41.0 Å². The fourth-order valence-corrected chi connectivity index (χ4v) is 5.14. The molecule has 3 aromatic carbocycles. The van der Waals surface area contributed by atoms with E-state index in [4.69, 9.17) is 5.73 Å². The van der Waals surface area contributed by atoms with Crippen LogP contribution in [0.1, 0.15) is 59.9 Å². The van der Waals surface area contributed by atoms with Crippen molar-refractivity contribution in [2.75, 3.05) is 0 Å². The number of hydrogen-bond donors (Lipinski definition) is 3. The lowest BCUT2D eigenvalue weighted by atomic mass is 9.74. The largest absolute Gasteiger partial charge is 0.465 e. The molecule has 0 aliphatic heterocycles. The first kappa shape index (κ1) is 25.9. The Labute approximate surface area is 217 Å². The van der Waals surface area contributed by atoms with E-state index in [2.05, 4.69) is 5.32 Å².